The van der Waals surface area contributed by atoms with Crippen molar-refractivity contribution >= 4 is 42.4 Å². The first-order valence-corrected chi connectivity index (χ1v) is 16.5. The van der Waals surface area contributed by atoms with E-state index in [2.05, 4.69) is 108 Å². The number of hydrogen-bond acceptors (Lipinski definition) is 3. The van der Waals surface area contributed by atoms with E-state index in [1.165, 1.54) is 16.7 Å². The summed E-state index contributed by atoms with van der Waals surface area (Å²) in [6, 6.07) is 47.2. The van der Waals surface area contributed by atoms with Gasteiger partial charge in [-0.25, -0.2) is 13.4 Å². The van der Waals surface area contributed by atoms with Gasteiger partial charge in [-0.2, -0.15) is 0 Å². The first-order chi connectivity index (χ1) is 22.0. The Kier molecular flexibility index (Phi) is 5.47. The molecule has 0 aliphatic carbocycles. The normalized spacial score (nSPS) is 13.4. The number of hydrogen-bond donors (Lipinski definition) is 0. The fourth-order valence-electron chi connectivity index (χ4n) is 7.12. The molecule has 0 fully saturated rings. The smallest absolute Gasteiger partial charge is 0.210 e. The number of para-hydroxylation sites is 1. The molecule has 45 heavy (non-hydrogen) atoms. The highest BCUT2D eigenvalue weighted by atomic mass is 32.2. The number of benzene rings is 7. The van der Waals surface area contributed by atoms with Crippen LogP contribution in [0.1, 0.15) is 5.82 Å². The summed E-state index contributed by atoms with van der Waals surface area (Å²) in [4.78, 5) is 5.27. The Morgan fingerprint density at radius 3 is 1.69 bits per heavy atom. The molecular formula is C40H26N2O2S. The molecule has 0 spiro atoms. The lowest BCUT2D eigenvalue weighted by atomic mass is 9.85. The summed E-state index contributed by atoms with van der Waals surface area (Å²) in [6.07, 6.45) is 0. The van der Waals surface area contributed by atoms with Gasteiger partial charge in [0, 0.05) is 0 Å². The summed E-state index contributed by atoms with van der Waals surface area (Å²) in [5.74, 6) is 0.764. The molecule has 1 aliphatic heterocycles. The first-order valence-electron chi connectivity index (χ1n) is 15.0. The van der Waals surface area contributed by atoms with E-state index in [4.69, 9.17) is 0 Å². The Balaban J connectivity index is 1.30. The number of imidazole rings is 1. The molecule has 2 heterocycles. The first kappa shape index (κ1) is 25.9. The van der Waals surface area contributed by atoms with Crippen LogP contribution in [0.2, 0.25) is 0 Å². The lowest BCUT2D eigenvalue weighted by Gasteiger charge is -2.22. The zero-order valence-electron chi connectivity index (χ0n) is 24.4. The molecule has 0 amide bonds. The van der Waals surface area contributed by atoms with Crippen molar-refractivity contribution in [2.24, 2.45) is 0 Å². The predicted molar refractivity (Wildman–Crippen MR) is 183 cm³/mol. The SMILES string of the molecule is Cc1nc2cccc3c2n1-c1ccc(-c2c4ccccc4c(-c4ccc(-c5ccccc5)cc4)c4ccccc24)cc1S3(=O)=O. The number of rotatable bonds is 3. The molecular weight excluding hydrogens is 573 g/mol. The second kappa shape index (κ2) is 9.49. The van der Waals surface area contributed by atoms with Crippen molar-refractivity contribution in [3.63, 3.8) is 0 Å². The van der Waals surface area contributed by atoms with Crippen LogP contribution in [0.15, 0.2) is 149 Å². The van der Waals surface area contributed by atoms with Crippen LogP contribution in [0.3, 0.4) is 0 Å². The van der Waals surface area contributed by atoms with E-state index in [-0.39, 0.29) is 0 Å². The molecule has 4 nitrogen and oxygen atoms in total. The van der Waals surface area contributed by atoms with Gasteiger partial charge in [-0.05, 0) is 86.1 Å². The van der Waals surface area contributed by atoms with Gasteiger partial charge in [0.15, 0.2) is 0 Å². The maximum absolute atomic E-state index is 14.1. The van der Waals surface area contributed by atoms with Crippen LogP contribution in [0.4, 0.5) is 0 Å². The van der Waals surface area contributed by atoms with Gasteiger partial charge in [-0.15, -0.1) is 0 Å². The van der Waals surface area contributed by atoms with E-state index in [0.29, 0.717) is 26.5 Å². The molecule has 214 valence electrons. The number of aromatic nitrogens is 2. The van der Waals surface area contributed by atoms with Crippen LogP contribution in [0.25, 0.3) is 71.6 Å². The highest BCUT2D eigenvalue weighted by molar-refractivity contribution is 7.92. The van der Waals surface area contributed by atoms with Gasteiger partial charge in [0.2, 0.25) is 9.84 Å². The van der Waals surface area contributed by atoms with Crippen LogP contribution in [0, 0.1) is 6.92 Å². The molecule has 0 atom stereocenters. The number of sulfone groups is 1. The van der Waals surface area contributed by atoms with Crippen molar-refractivity contribution in [1.29, 1.82) is 0 Å². The van der Waals surface area contributed by atoms with Crippen LogP contribution >= 0.6 is 0 Å². The van der Waals surface area contributed by atoms with Crippen LogP contribution in [-0.4, -0.2) is 18.0 Å². The molecule has 1 aromatic heterocycles. The van der Waals surface area contributed by atoms with Gasteiger partial charge in [0.25, 0.3) is 0 Å². The van der Waals surface area contributed by atoms with E-state index in [1.807, 2.05) is 35.8 Å². The summed E-state index contributed by atoms with van der Waals surface area (Å²) >= 11 is 0. The lowest BCUT2D eigenvalue weighted by molar-refractivity contribution is 0.594. The van der Waals surface area contributed by atoms with Gasteiger partial charge in [0.1, 0.15) is 5.82 Å². The maximum atomic E-state index is 14.1. The van der Waals surface area contributed by atoms with Crippen molar-refractivity contribution in [2.75, 3.05) is 0 Å². The molecule has 0 radical (unpaired) electrons. The second-order valence-electron chi connectivity index (χ2n) is 11.6. The third-order valence-electron chi connectivity index (χ3n) is 9.09. The minimum atomic E-state index is -3.77. The molecule has 0 unspecified atom stereocenters. The topological polar surface area (TPSA) is 52.0 Å². The van der Waals surface area contributed by atoms with Crippen molar-refractivity contribution < 1.29 is 8.42 Å². The van der Waals surface area contributed by atoms with Crippen LogP contribution in [-0.2, 0) is 9.84 Å². The fraction of sp³-hybridized carbons (Fsp3) is 0.0250. The summed E-state index contributed by atoms with van der Waals surface area (Å²) in [6.45, 7) is 1.92. The predicted octanol–water partition coefficient (Wildman–Crippen LogP) is 9.79. The summed E-state index contributed by atoms with van der Waals surface area (Å²) in [5.41, 5.74) is 8.53. The van der Waals surface area contributed by atoms with Crippen molar-refractivity contribution in [1.82, 2.24) is 9.55 Å². The lowest BCUT2D eigenvalue weighted by Crippen LogP contribution is -2.15. The number of nitrogens with zero attached hydrogens (tertiary/aromatic N) is 2. The summed E-state index contributed by atoms with van der Waals surface area (Å²) in [7, 11) is -3.77. The van der Waals surface area contributed by atoms with E-state index in [0.717, 1.165) is 44.1 Å². The van der Waals surface area contributed by atoms with Gasteiger partial charge < -0.3 is 0 Å². The van der Waals surface area contributed by atoms with E-state index < -0.39 is 9.84 Å². The van der Waals surface area contributed by atoms with Crippen molar-refractivity contribution in [2.45, 2.75) is 16.7 Å². The minimum absolute atomic E-state index is 0.300. The molecule has 9 rings (SSSR count). The molecule has 0 bridgehead atoms. The van der Waals surface area contributed by atoms with E-state index >= 15 is 0 Å². The summed E-state index contributed by atoms with van der Waals surface area (Å²) in [5, 5.41) is 4.40. The van der Waals surface area contributed by atoms with E-state index in [9.17, 15) is 8.42 Å². The highest BCUT2D eigenvalue weighted by Gasteiger charge is 2.33. The van der Waals surface area contributed by atoms with Gasteiger partial charge in [-0.3, -0.25) is 4.57 Å². The Labute approximate surface area is 260 Å². The molecule has 5 heteroatoms. The summed E-state index contributed by atoms with van der Waals surface area (Å²) < 4.78 is 30.2. The highest BCUT2D eigenvalue weighted by Crippen LogP contribution is 2.46. The largest absolute Gasteiger partial charge is 0.294 e. The number of aryl methyl sites for hydroxylation is 1. The zero-order valence-corrected chi connectivity index (χ0v) is 25.2. The van der Waals surface area contributed by atoms with Gasteiger partial charge in [-0.1, -0.05) is 115 Å². The quantitative estimate of drug-likeness (QED) is 0.190. The standard InChI is InChI=1S/C40H26N2O2S/c1-25-41-34-16-9-17-36-40(34)42(25)35-23-22-29(24-37(35)45(36,43)44)39-32-14-7-5-12-30(32)38(31-13-6-8-15-33(31)39)28-20-18-27(19-21-28)26-10-3-2-4-11-26/h2-24H,1H3. The fourth-order valence-corrected chi connectivity index (χ4v) is 8.78. The third kappa shape index (κ3) is 3.71. The van der Waals surface area contributed by atoms with Crippen molar-refractivity contribution in [3.05, 3.63) is 145 Å². The Morgan fingerprint density at radius 1 is 0.511 bits per heavy atom. The molecule has 0 saturated heterocycles. The Morgan fingerprint density at radius 2 is 1.04 bits per heavy atom. The zero-order chi connectivity index (χ0) is 30.3. The second-order valence-corrected chi connectivity index (χ2v) is 13.5. The average Bonchev–Trinajstić information content (AvgIpc) is 3.42. The molecule has 7 aromatic carbocycles. The Bertz CT molecular complexity index is 2540. The third-order valence-corrected chi connectivity index (χ3v) is 10.9. The monoisotopic (exact) mass is 598 g/mol. The van der Waals surface area contributed by atoms with Gasteiger partial charge >= 0.3 is 0 Å². The molecule has 1 aliphatic rings. The van der Waals surface area contributed by atoms with Crippen LogP contribution < -0.4 is 0 Å². The molecule has 0 saturated carbocycles. The average molecular weight is 599 g/mol. The molecule has 8 aromatic rings. The maximum Gasteiger partial charge on any atom is 0.210 e. The van der Waals surface area contributed by atoms with Crippen molar-refractivity contribution in [3.8, 4) is 39.1 Å². The minimum Gasteiger partial charge on any atom is -0.294 e. The molecule has 0 N–H and O–H groups in total. The Hall–Kier alpha value is -5.52. The van der Waals surface area contributed by atoms with Crippen LogP contribution in [0.5, 0.6) is 0 Å². The van der Waals surface area contributed by atoms with Gasteiger partial charge in [0.05, 0.1) is 26.5 Å². The number of fused-ring (bicyclic) bond motifs is 4. The van der Waals surface area contributed by atoms with E-state index in [1.54, 1.807) is 12.1 Å².